The Labute approximate surface area is 82.9 Å². The topological polar surface area (TPSA) is 9.23 Å². The zero-order valence-electron chi connectivity index (χ0n) is 9.22. The highest BCUT2D eigenvalue weighted by atomic mass is 16.5. The Bertz CT molecular complexity index is 122. The lowest BCUT2D eigenvalue weighted by Gasteiger charge is -2.06. The highest BCUT2D eigenvalue weighted by Crippen LogP contribution is 2.24. The summed E-state index contributed by atoms with van der Waals surface area (Å²) in [6, 6.07) is 0. The summed E-state index contributed by atoms with van der Waals surface area (Å²) < 4.78 is 5.54. The van der Waals surface area contributed by atoms with Crippen LogP contribution in [0.4, 0.5) is 0 Å². The highest BCUT2D eigenvalue weighted by molar-refractivity contribution is 4.69. The zero-order valence-corrected chi connectivity index (χ0v) is 9.22. The molecule has 0 aromatic carbocycles. The molecule has 0 saturated carbocycles. The number of hydrogen-bond acceptors (Lipinski definition) is 1. The molecule has 1 heterocycles. The number of hydrogen-bond donors (Lipinski definition) is 0. The van der Waals surface area contributed by atoms with E-state index in [9.17, 15) is 0 Å². The second kappa shape index (κ2) is 6.42. The van der Waals surface area contributed by atoms with Crippen LogP contribution < -0.4 is 0 Å². The average molecular weight is 184 g/mol. The molecule has 0 spiro atoms. The van der Waals surface area contributed by atoms with Crippen molar-refractivity contribution in [1.82, 2.24) is 0 Å². The van der Waals surface area contributed by atoms with Gasteiger partial charge in [0.2, 0.25) is 0 Å². The maximum Gasteiger partial charge on any atom is 0.0550 e. The van der Waals surface area contributed by atoms with Gasteiger partial charge < -0.3 is 4.74 Å². The molecule has 0 radical (unpaired) electrons. The van der Waals surface area contributed by atoms with E-state index in [0.29, 0.717) is 6.10 Å². The molecule has 1 nitrogen and oxygen atoms in total. The summed E-state index contributed by atoms with van der Waals surface area (Å²) in [7, 11) is 0. The van der Waals surface area contributed by atoms with Gasteiger partial charge in [-0.1, -0.05) is 39.0 Å². The molecule has 1 rings (SSSR count). The fraction of sp³-hybridized carbons (Fsp3) is 1.00. The van der Waals surface area contributed by atoms with Crippen molar-refractivity contribution in [3.8, 4) is 0 Å². The van der Waals surface area contributed by atoms with Crippen molar-refractivity contribution in [1.29, 1.82) is 0 Å². The molecule has 13 heavy (non-hydrogen) atoms. The predicted octanol–water partition coefficient (Wildman–Crippen LogP) is 3.77. The van der Waals surface area contributed by atoms with Gasteiger partial charge in [0, 0.05) is 6.61 Å². The molecule has 2 atom stereocenters. The van der Waals surface area contributed by atoms with Crippen molar-refractivity contribution in [2.24, 2.45) is 5.92 Å². The van der Waals surface area contributed by atoms with Crippen LogP contribution in [0, 0.1) is 5.92 Å². The smallest absolute Gasteiger partial charge is 0.0550 e. The molecule has 0 amide bonds. The molecule has 0 N–H and O–H groups in total. The molecule has 1 aliphatic rings. The average Bonchev–Trinajstić information content (AvgIpc) is 2.51. The lowest BCUT2D eigenvalue weighted by molar-refractivity contribution is 0.119. The zero-order chi connectivity index (χ0) is 9.52. The van der Waals surface area contributed by atoms with E-state index in [2.05, 4.69) is 13.8 Å². The maximum atomic E-state index is 5.54. The Morgan fingerprint density at radius 2 is 1.92 bits per heavy atom. The Balaban J connectivity index is 1.88. The molecule has 1 unspecified atom stereocenters. The third-order valence-electron chi connectivity index (χ3n) is 3.00. The predicted molar refractivity (Wildman–Crippen MR) is 56.9 cm³/mol. The molecular weight excluding hydrogens is 160 g/mol. The highest BCUT2D eigenvalue weighted by Gasteiger charge is 2.20. The fourth-order valence-electron chi connectivity index (χ4n) is 2.14. The second-order valence-electron chi connectivity index (χ2n) is 4.45. The molecule has 1 heteroatoms. The van der Waals surface area contributed by atoms with Crippen LogP contribution >= 0.6 is 0 Å². The number of unbranched alkanes of at least 4 members (excludes halogenated alkanes) is 4. The first-order valence-electron chi connectivity index (χ1n) is 5.94. The van der Waals surface area contributed by atoms with Crippen LogP contribution in [0.15, 0.2) is 0 Å². The summed E-state index contributed by atoms with van der Waals surface area (Å²) in [4.78, 5) is 0. The van der Waals surface area contributed by atoms with E-state index in [-0.39, 0.29) is 0 Å². The van der Waals surface area contributed by atoms with E-state index in [4.69, 9.17) is 4.74 Å². The largest absolute Gasteiger partial charge is 0.378 e. The quantitative estimate of drug-likeness (QED) is 0.571. The summed E-state index contributed by atoms with van der Waals surface area (Å²) in [5.74, 6) is 0.872. The van der Waals surface area contributed by atoms with Crippen molar-refractivity contribution in [2.45, 2.75) is 64.9 Å². The van der Waals surface area contributed by atoms with Crippen molar-refractivity contribution < 1.29 is 4.74 Å². The Morgan fingerprint density at radius 3 is 2.54 bits per heavy atom. The van der Waals surface area contributed by atoms with E-state index >= 15 is 0 Å². The van der Waals surface area contributed by atoms with Gasteiger partial charge in [-0.2, -0.15) is 0 Å². The summed E-state index contributed by atoms with van der Waals surface area (Å²) >= 11 is 0. The first-order valence-corrected chi connectivity index (χ1v) is 5.94. The SMILES string of the molecule is CCCCCCC[C@H]1COC(C)C1. The molecular formula is C12H24O. The summed E-state index contributed by atoms with van der Waals surface area (Å²) in [6.45, 7) is 5.48. The van der Waals surface area contributed by atoms with Crippen LogP contribution in [0.2, 0.25) is 0 Å². The monoisotopic (exact) mass is 184 g/mol. The first kappa shape index (κ1) is 11.0. The van der Waals surface area contributed by atoms with E-state index in [1.54, 1.807) is 0 Å². The van der Waals surface area contributed by atoms with Gasteiger partial charge in [0.1, 0.15) is 0 Å². The number of ether oxygens (including phenoxy) is 1. The minimum absolute atomic E-state index is 0.528. The Hall–Kier alpha value is -0.0400. The molecule has 1 saturated heterocycles. The molecule has 1 fully saturated rings. The van der Waals surface area contributed by atoms with Gasteiger partial charge in [-0.05, 0) is 25.7 Å². The summed E-state index contributed by atoms with van der Waals surface area (Å²) in [6.07, 6.45) is 10.3. The van der Waals surface area contributed by atoms with Crippen LogP contribution in [0.25, 0.3) is 0 Å². The van der Waals surface area contributed by atoms with E-state index in [1.165, 1.54) is 44.9 Å². The van der Waals surface area contributed by atoms with E-state index in [1.807, 2.05) is 0 Å². The summed E-state index contributed by atoms with van der Waals surface area (Å²) in [5.41, 5.74) is 0. The van der Waals surface area contributed by atoms with Gasteiger partial charge in [-0.3, -0.25) is 0 Å². The van der Waals surface area contributed by atoms with Gasteiger partial charge in [-0.25, -0.2) is 0 Å². The van der Waals surface area contributed by atoms with E-state index in [0.717, 1.165) is 12.5 Å². The van der Waals surface area contributed by atoms with Crippen LogP contribution in [-0.2, 0) is 4.74 Å². The van der Waals surface area contributed by atoms with Crippen LogP contribution in [0.5, 0.6) is 0 Å². The third-order valence-corrected chi connectivity index (χ3v) is 3.00. The normalized spacial score (nSPS) is 28.2. The van der Waals surface area contributed by atoms with Crippen LogP contribution in [0.3, 0.4) is 0 Å². The van der Waals surface area contributed by atoms with Gasteiger partial charge >= 0.3 is 0 Å². The number of rotatable bonds is 6. The van der Waals surface area contributed by atoms with Gasteiger partial charge in [0.05, 0.1) is 6.10 Å². The van der Waals surface area contributed by atoms with Gasteiger partial charge in [0.15, 0.2) is 0 Å². The molecule has 78 valence electrons. The van der Waals surface area contributed by atoms with Crippen LogP contribution in [0.1, 0.15) is 58.8 Å². The minimum Gasteiger partial charge on any atom is -0.378 e. The third kappa shape index (κ3) is 4.66. The van der Waals surface area contributed by atoms with Gasteiger partial charge in [0.25, 0.3) is 0 Å². The standard InChI is InChI=1S/C12H24O/c1-3-4-5-6-7-8-12-9-11(2)13-10-12/h11-12H,3-10H2,1-2H3/t11?,12-/m1/s1. The lowest BCUT2D eigenvalue weighted by Crippen LogP contribution is -1.99. The Kier molecular flexibility index (Phi) is 5.45. The van der Waals surface area contributed by atoms with Crippen molar-refractivity contribution in [3.63, 3.8) is 0 Å². The van der Waals surface area contributed by atoms with Crippen LogP contribution in [-0.4, -0.2) is 12.7 Å². The minimum atomic E-state index is 0.528. The lowest BCUT2D eigenvalue weighted by atomic mass is 9.98. The fourth-order valence-corrected chi connectivity index (χ4v) is 2.14. The Morgan fingerprint density at radius 1 is 1.15 bits per heavy atom. The molecule has 1 aliphatic heterocycles. The molecule has 0 aromatic rings. The molecule has 0 aromatic heterocycles. The van der Waals surface area contributed by atoms with Crippen molar-refractivity contribution >= 4 is 0 Å². The van der Waals surface area contributed by atoms with Crippen molar-refractivity contribution in [2.75, 3.05) is 6.61 Å². The molecule has 0 aliphatic carbocycles. The maximum absolute atomic E-state index is 5.54. The molecule has 0 bridgehead atoms. The van der Waals surface area contributed by atoms with E-state index < -0.39 is 0 Å². The second-order valence-corrected chi connectivity index (χ2v) is 4.45. The first-order chi connectivity index (χ1) is 6.33. The van der Waals surface area contributed by atoms with Gasteiger partial charge in [-0.15, -0.1) is 0 Å². The van der Waals surface area contributed by atoms with Crippen molar-refractivity contribution in [3.05, 3.63) is 0 Å². The summed E-state index contributed by atoms with van der Waals surface area (Å²) in [5, 5.41) is 0.